The number of anilines is 3. The Bertz CT molecular complexity index is 1480. The number of amides is 1. The Morgan fingerprint density at radius 2 is 1.73 bits per heavy atom. The normalized spacial score (nSPS) is 15.0. The first-order chi connectivity index (χ1) is 20.0. The number of carbonyl (C=O) groups is 1. The van der Waals surface area contributed by atoms with Crippen LogP contribution in [-0.4, -0.2) is 77.8 Å². The molecule has 11 heteroatoms. The number of hydrogen-bond acceptors (Lipinski definition) is 9. The maximum atomic E-state index is 13.2. The Balaban J connectivity index is 1.58. The zero-order valence-electron chi connectivity index (χ0n) is 24.3. The minimum Gasteiger partial charge on any atom is -0.493 e. The third-order valence-electron chi connectivity index (χ3n) is 7.47. The van der Waals surface area contributed by atoms with Crippen LogP contribution in [0.2, 0.25) is 0 Å². The van der Waals surface area contributed by atoms with Gasteiger partial charge in [0.2, 0.25) is 17.6 Å². The van der Waals surface area contributed by atoms with Crippen molar-refractivity contribution in [3.05, 3.63) is 48.8 Å². The summed E-state index contributed by atoms with van der Waals surface area (Å²) in [4.78, 5) is 31.9. The van der Waals surface area contributed by atoms with Gasteiger partial charge in [0, 0.05) is 49.7 Å². The molecule has 1 aliphatic heterocycles. The van der Waals surface area contributed by atoms with E-state index in [-0.39, 0.29) is 11.8 Å². The summed E-state index contributed by atoms with van der Waals surface area (Å²) in [6, 6.07) is 13.6. The summed E-state index contributed by atoms with van der Waals surface area (Å²) in [5, 5.41) is 3.42. The monoisotopic (exact) mass is 559 g/mol. The van der Waals surface area contributed by atoms with Crippen molar-refractivity contribution in [3.8, 4) is 22.9 Å². The van der Waals surface area contributed by atoms with Crippen molar-refractivity contribution in [2.75, 3.05) is 57.7 Å². The lowest BCUT2D eigenvalue weighted by Crippen LogP contribution is -2.45. The molecule has 2 aromatic heterocycles. The molecule has 2 aromatic carbocycles. The highest BCUT2D eigenvalue weighted by Gasteiger charge is 2.30. The number of imidazole rings is 1. The molecule has 0 saturated carbocycles. The summed E-state index contributed by atoms with van der Waals surface area (Å²) >= 11 is 0. The van der Waals surface area contributed by atoms with Crippen molar-refractivity contribution >= 4 is 34.5 Å². The second-order valence-electron chi connectivity index (χ2n) is 9.83. The molecule has 0 bridgehead atoms. The summed E-state index contributed by atoms with van der Waals surface area (Å²) in [5.74, 6) is 2.69. The molecule has 1 unspecified atom stereocenters. The Kier molecular flexibility index (Phi) is 8.42. The summed E-state index contributed by atoms with van der Waals surface area (Å²) in [6.45, 7) is 6.76. The van der Waals surface area contributed by atoms with Crippen LogP contribution >= 0.6 is 0 Å². The van der Waals surface area contributed by atoms with Crippen LogP contribution < -0.4 is 24.4 Å². The van der Waals surface area contributed by atoms with Gasteiger partial charge in [0.25, 0.3) is 0 Å². The van der Waals surface area contributed by atoms with Gasteiger partial charge < -0.3 is 29.3 Å². The number of methoxy groups -OCH3 is 3. The van der Waals surface area contributed by atoms with E-state index in [1.165, 1.54) is 0 Å². The van der Waals surface area contributed by atoms with Gasteiger partial charge in [-0.2, -0.15) is 9.97 Å². The Morgan fingerprint density at radius 1 is 1.02 bits per heavy atom. The number of aromatic nitrogens is 4. The van der Waals surface area contributed by atoms with Gasteiger partial charge in [-0.3, -0.25) is 9.36 Å². The number of carbonyl (C=O) groups excluding carboxylic acids is 1. The fourth-order valence-electron chi connectivity index (χ4n) is 5.34. The third-order valence-corrected chi connectivity index (χ3v) is 7.47. The van der Waals surface area contributed by atoms with Crippen molar-refractivity contribution in [3.63, 3.8) is 0 Å². The van der Waals surface area contributed by atoms with Crippen LogP contribution in [0.15, 0.2) is 48.8 Å². The first-order valence-corrected chi connectivity index (χ1v) is 13.9. The topological polar surface area (TPSA) is 107 Å². The summed E-state index contributed by atoms with van der Waals surface area (Å²) in [6.07, 6.45) is 3.49. The molecule has 1 fully saturated rings. The van der Waals surface area contributed by atoms with Crippen LogP contribution in [0.25, 0.3) is 16.9 Å². The van der Waals surface area contributed by atoms with Crippen LogP contribution in [0.3, 0.4) is 0 Å². The average molecular weight is 560 g/mol. The van der Waals surface area contributed by atoms with E-state index in [1.54, 1.807) is 27.7 Å². The van der Waals surface area contributed by atoms with E-state index < -0.39 is 0 Å². The van der Waals surface area contributed by atoms with E-state index in [4.69, 9.17) is 29.2 Å². The lowest BCUT2D eigenvalue weighted by Gasteiger charge is -2.34. The number of piperidine rings is 1. The Labute approximate surface area is 240 Å². The molecule has 0 spiro atoms. The van der Waals surface area contributed by atoms with Gasteiger partial charge in [0.05, 0.1) is 27.2 Å². The van der Waals surface area contributed by atoms with E-state index in [1.807, 2.05) is 65.8 Å². The minimum absolute atomic E-state index is 0.103. The van der Waals surface area contributed by atoms with E-state index in [9.17, 15) is 4.79 Å². The van der Waals surface area contributed by atoms with E-state index in [0.717, 1.165) is 25.1 Å². The Hall–Kier alpha value is -4.54. The lowest BCUT2D eigenvalue weighted by molar-refractivity contribution is -0.135. The molecule has 0 radical (unpaired) electrons. The highest BCUT2D eigenvalue weighted by atomic mass is 16.5. The van der Waals surface area contributed by atoms with Gasteiger partial charge in [-0.15, -0.1) is 0 Å². The molecule has 1 atom stereocenters. The molecule has 216 valence electrons. The zero-order chi connectivity index (χ0) is 28.9. The highest BCUT2D eigenvalue weighted by molar-refractivity contribution is 5.88. The first-order valence-electron chi connectivity index (χ1n) is 13.9. The van der Waals surface area contributed by atoms with Gasteiger partial charge in [-0.1, -0.05) is 18.2 Å². The van der Waals surface area contributed by atoms with E-state index >= 15 is 0 Å². The number of nitrogens with one attached hydrogen (secondary N) is 1. The second kappa shape index (κ2) is 12.3. The molecule has 4 aromatic rings. The number of rotatable bonds is 10. The number of para-hydroxylation sites is 1. The molecule has 11 nitrogen and oxygen atoms in total. The van der Waals surface area contributed by atoms with Crippen molar-refractivity contribution in [2.45, 2.75) is 26.7 Å². The zero-order valence-corrected chi connectivity index (χ0v) is 24.3. The van der Waals surface area contributed by atoms with Crippen LogP contribution in [0.1, 0.15) is 26.7 Å². The molecule has 1 saturated heterocycles. The van der Waals surface area contributed by atoms with Crippen LogP contribution in [0.4, 0.5) is 17.5 Å². The molecule has 1 aliphatic rings. The number of ether oxygens (including phenoxy) is 3. The molecular formula is C30H37N7O4. The summed E-state index contributed by atoms with van der Waals surface area (Å²) < 4.78 is 18.5. The maximum absolute atomic E-state index is 13.2. The number of nitrogens with zero attached hydrogens (tertiary/aromatic N) is 6. The summed E-state index contributed by atoms with van der Waals surface area (Å²) in [7, 11) is 4.73. The van der Waals surface area contributed by atoms with Gasteiger partial charge in [-0.05, 0) is 38.8 Å². The number of benzene rings is 2. The fraction of sp³-hybridized carbons (Fsp3) is 0.400. The van der Waals surface area contributed by atoms with Crippen molar-refractivity contribution in [1.82, 2.24) is 24.4 Å². The fourth-order valence-corrected chi connectivity index (χ4v) is 5.34. The Morgan fingerprint density at radius 3 is 2.37 bits per heavy atom. The highest BCUT2D eigenvalue weighted by Crippen LogP contribution is 2.41. The molecular weight excluding hydrogens is 522 g/mol. The predicted molar refractivity (Wildman–Crippen MR) is 159 cm³/mol. The van der Waals surface area contributed by atoms with Gasteiger partial charge >= 0.3 is 0 Å². The summed E-state index contributed by atoms with van der Waals surface area (Å²) in [5.41, 5.74) is 2.90. The van der Waals surface area contributed by atoms with Gasteiger partial charge in [0.1, 0.15) is 6.33 Å². The van der Waals surface area contributed by atoms with Crippen LogP contribution in [0, 0.1) is 5.92 Å². The van der Waals surface area contributed by atoms with E-state index in [0.29, 0.717) is 65.5 Å². The van der Waals surface area contributed by atoms with Gasteiger partial charge in [0.15, 0.2) is 28.5 Å². The molecule has 1 N–H and O–H groups in total. The van der Waals surface area contributed by atoms with Crippen molar-refractivity contribution < 1.29 is 19.0 Å². The molecule has 41 heavy (non-hydrogen) atoms. The number of hydrogen-bond donors (Lipinski definition) is 1. The minimum atomic E-state index is -0.103. The predicted octanol–water partition coefficient (Wildman–Crippen LogP) is 4.67. The first kappa shape index (κ1) is 28.0. The smallest absolute Gasteiger partial charge is 0.229 e. The quantitative estimate of drug-likeness (QED) is 0.297. The average Bonchev–Trinajstić information content (AvgIpc) is 3.46. The standard InChI is InChI=1S/C30H37N7O4/c1-6-35(7-2)29(38)20-12-11-15-36(18-20)30-33-27(32-21-16-23(39-3)26(41-5)24(17-21)40-4)25-28(34-30)37(19-31-25)22-13-9-8-10-14-22/h8-10,13-14,16-17,19-20H,6-7,11-12,15,18H2,1-5H3,(H,32,33,34). The molecule has 1 amide bonds. The van der Waals surface area contributed by atoms with Crippen molar-refractivity contribution in [2.24, 2.45) is 5.92 Å². The number of fused-ring (bicyclic) bond motifs is 1. The molecule has 0 aliphatic carbocycles. The van der Waals surface area contributed by atoms with Crippen LogP contribution in [0.5, 0.6) is 17.2 Å². The maximum Gasteiger partial charge on any atom is 0.229 e. The van der Waals surface area contributed by atoms with E-state index in [2.05, 4.69) is 10.2 Å². The lowest BCUT2D eigenvalue weighted by atomic mass is 9.96. The largest absolute Gasteiger partial charge is 0.493 e. The molecule has 3 heterocycles. The molecule has 5 rings (SSSR count). The third kappa shape index (κ3) is 5.57. The SMILES string of the molecule is CCN(CC)C(=O)C1CCCN(c2nc(Nc3cc(OC)c(OC)c(OC)c3)c3ncn(-c4ccccc4)c3n2)C1. The van der Waals surface area contributed by atoms with Gasteiger partial charge in [-0.25, -0.2) is 4.98 Å². The van der Waals surface area contributed by atoms with Crippen LogP contribution in [-0.2, 0) is 4.79 Å². The van der Waals surface area contributed by atoms with Crippen molar-refractivity contribution in [1.29, 1.82) is 0 Å². The second-order valence-corrected chi connectivity index (χ2v) is 9.83.